The third-order valence-electron chi connectivity index (χ3n) is 5.12. The van der Waals surface area contributed by atoms with Gasteiger partial charge in [-0.15, -0.1) is 0 Å². The first-order valence-electron chi connectivity index (χ1n) is 9.46. The molecule has 1 heterocycles. The minimum atomic E-state index is -3.53. The quantitative estimate of drug-likeness (QED) is 0.774. The van der Waals surface area contributed by atoms with Gasteiger partial charge in [0, 0.05) is 32.4 Å². The molecular formula is C21H27N3O3S. The maximum Gasteiger partial charge on any atom is 0.243 e. The summed E-state index contributed by atoms with van der Waals surface area (Å²) in [7, 11) is -2.10. The average Bonchev–Trinajstić information content (AvgIpc) is 3.22. The number of hydrogen-bond acceptors (Lipinski definition) is 4. The Morgan fingerprint density at radius 3 is 2.25 bits per heavy atom. The molecule has 1 atom stereocenters. The van der Waals surface area contributed by atoms with Crippen LogP contribution in [-0.2, 0) is 21.4 Å². The Bertz CT molecular complexity index is 892. The Kier molecular flexibility index (Phi) is 6.36. The van der Waals surface area contributed by atoms with Gasteiger partial charge in [-0.1, -0.05) is 42.5 Å². The van der Waals surface area contributed by atoms with Gasteiger partial charge in [0.05, 0.1) is 6.26 Å². The third kappa shape index (κ3) is 4.91. The molecule has 150 valence electrons. The summed E-state index contributed by atoms with van der Waals surface area (Å²) in [5.74, 6) is -0.345. The number of likely N-dealkylation sites (N-methyl/N-ethyl adjacent to an activating group) is 1. The van der Waals surface area contributed by atoms with Crippen molar-refractivity contribution in [2.75, 3.05) is 31.3 Å². The molecular weight excluding hydrogens is 374 g/mol. The van der Waals surface area contributed by atoms with Crippen LogP contribution in [0.1, 0.15) is 30.0 Å². The second-order valence-electron chi connectivity index (χ2n) is 7.17. The van der Waals surface area contributed by atoms with Crippen molar-refractivity contribution in [3.8, 4) is 0 Å². The topological polar surface area (TPSA) is 69.7 Å². The zero-order valence-electron chi connectivity index (χ0n) is 16.3. The molecule has 0 spiro atoms. The summed E-state index contributed by atoms with van der Waals surface area (Å²) in [4.78, 5) is 15.2. The number of carbonyl (C=O) groups is 1. The van der Waals surface area contributed by atoms with Crippen LogP contribution < -0.4 is 10.2 Å². The minimum absolute atomic E-state index is 0.345. The van der Waals surface area contributed by atoms with Crippen LogP contribution in [0.5, 0.6) is 0 Å². The Morgan fingerprint density at radius 2 is 1.68 bits per heavy atom. The van der Waals surface area contributed by atoms with Crippen LogP contribution in [0.4, 0.5) is 5.69 Å². The van der Waals surface area contributed by atoms with Crippen LogP contribution >= 0.6 is 0 Å². The van der Waals surface area contributed by atoms with Crippen molar-refractivity contribution < 1.29 is 13.2 Å². The monoisotopic (exact) mass is 401 g/mol. The van der Waals surface area contributed by atoms with Crippen molar-refractivity contribution in [1.82, 2.24) is 9.62 Å². The molecule has 0 radical (unpaired) electrons. The predicted molar refractivity (Wildman–Crippen MR) is 112 cm³/mol. The second kappa shape index (κ2) is 8.75. The van der Waals surface area contributed by atoms with E-state index in [1.807, 2.05) is 18.2 Å². The van der Waals surface area contributed by atoms with Crippen molar-refractivity contribution >= 4 is 21.6 Å². The zero-order valence-corrected chi connectivity index (χ0v) is 17.2. The van der Waals surface area contributed by atoms with Crippen molar-refractivity contribution in [3.63, 3.8) is 0 Å². The molecule has 2 aromatic rings. The minimum Gasteiger partial charge on any atom is -0.372 e. The van der Waals surface area contributed by atoms with E-state index in [0.29, 0.717) is 12.1 Å². The molecule has 3 rings (SSSR count). The Balaban J connectivity index is 1.70. The molecule has 1 saturated heterocycles. The summed E-state index contributed by atoms with van der Waals surface area (Å²) in [5, 5.41) is 2.88. The number of hydrogen-bond donors (Lipinski definition) is 1. The number of carbonyl (C=O) groups excluding carboxylic acids is 1. The maximum atomic E-state index is 12.9. The Morgan fingerprint density at radius 1 is 1.07 bits per heavy atom. The Labute approximate surface area is 167 Å². The van der Waals surface area contributed by atoms with Crippen molar-refractivity contribution in [1.29, 1.82) is 0 Å². The summed E-state index contributed by atoms with van der Waals surface area (Å²) in [6, 6.07) is 16.2. The molecule has 0 unspecified atom stereocenters. The highest BCUT2D eigenvalue weighted by atomic mass is 32.2. The molecule has 1 N–H and O–H groups in total. The van der Waals surface area contributed by atoms with Crippen molar-refractivity contribution in [3.05, 3.63) is 65.7 Å². The average molecular weight is 402 g/mol. The first-order valence-corrected chi connectivity index (χ1v) is 11.3. The van der Waals surface area contributed by atoms with Gasteiger partial charge in [0.2, 0.25) is 15.9 Å². The smallest absolute Gasteiger partial charge is 0.243 e. The molecule has 0 bridgehead atoms. The number of sulfonamides is 1. The predicted octanol–water partition coefficient (Wildman–Crippen LogP) is 2.54. The normalized spacial score (nSPS) is 15.6. The zero-order chi connectivity index (χ0) is 20.1. The summed E-state index contributed by atoms with van der Waals surface area (Å²) in [6.07, 6.45) is 3.56. The van der Waals surface area contributed by atoms with Crippen LogP contribution in [0, 0.1) is 0 Å². The van der Waals surface area contributed by atoms with Crippen LogP contribution in [-0.4, -0.2) is 45.0 Å². The Hall–Kier alpha value is -2.38. The molecule has 2 aromatic carbocycles. The second-order valence-corrected chi connectivity index (χ2v) is 9.21. The van der Waals surface area contributed by atoms with E-state index in [2.05, 4.69) is 22.3 Å². The van der Waals surface area contributed by atoms with Gasteiger partial charge in [-0.05, 0) is 36.1 Å². The molecule has 0 aromatic heterocycles. The lowest BCUT2D eigenvalue weighted by Crippen LogP contribution is -2.41. The number of amides is 1. The number of rotatable bonds is 7. The molecule has 28 heavy (non-hydrogen) atoms. The van der Waals surface area contributed by atoms with Gasteiger partial charge >= 0.3 is 0 Å². The van der Waals surface area contributed by atoms with Gasteiger partial charge < -0.3 is 10.2 Å². The van der Waals surface area contributed by atoms with Gasteiger partial charge in [-0.25, -0.2) is 8.42 Å². The molecule has 7 heteroatoms. The molecule has 0 saturated carbocycles. The standard InChI is InChI=1S/C21H27N3O3S/c1-23(28(2,26)27)20(18-8-4-3-5-9-18)21(25)22-16-17-10-12-19(13-11-17)24-14-6-7-15-24/h3-5,8-13,20H,6-7,14-16H2,1-2H3,(H,22,25)/t20-/m1/s1. The molecule has 1 fully saturated rings. The molecule has 1 amide bonds. The SMILES string of the molecule is CN([C@@H](C(=O)NCc1ccc(N2CCCC2)cc1)c1ccccc1)S(C)(=O)=O. The van der Waals surface area contributed by atoms with Crippen molar-refractivity contribution in [2.45, 2.75) is 25.4 Å². The number of nitrogens with one attached hydrogen (secondary N) is 1. The lowest BCUT2D eigenvalue weighted by Gasteiger charge is -2.25. The number of nitrogens with zero attached hydrogens (tertiary/aromatic N) is 2. The fourth-order valence-electron chi connectivity index (χ4n) is 3.44. The molecule has 0 aliphatic carbocycles. The summed E-state index contributed by atoms with van der Waals surface area (Å²) in [5.41, 5.74) is 2.81. The van der Waals surface area contributed by atoms with Gasteiger partial charge in [0.15, 0.2) is 0 Å². The summed E-state index contributed by atoms with van der Waals surface area (Å²) < 4.78 is 25.2. The number of anilines is 1. The molecule has 6 nitrogen and oxygen atoms in total. The first kappa shape index (κ1) is 20.4. The van der Waals surface area contributed by atoms with Crippen LogP contribution in [0.2, 0.25) is 0 Å². The highest BCUT2D eigenvalue weighted by molar-refractivity contribution is 7.88. The highest BCUT2D eigenvalue weighted by Gasteiger charge is 2.30. The highest BCUT2D eigenvalue weighted by Crippen LogP contribution is 2.23. The van der Waals surface area contributed by atoms with E-state index in [0.717, 1.165) is 29.2 Å². The summed E-state index contributed by atoms with van der Waals surface area (Å²) in [6.45, 7) is 2.53. The lowest BCUT2D eigenvalue weighted by atomic mass is 10.1. The largest absolute Gasteiger partial charge is 0.372 e. The van der Waals surface area contributed by atoms with Crippen LogP contribution in [0.25, 0.3) is 0 Å². The van der Waals surface area contributed by atoms with E-state index in [9.17, 15) is 13.2 Å². The van der Waals surface area contributed by atoms with E-state index in [-0.39, 0.29) is 5.91 Å². The van der Waals surface area contributed by atoms with Gasteiger partial charge in [-0.3, -0.25) is 4.79 Å². The third-order valence-corrected chi connectivity index (χ3v) is 6.38. The van der Waals surface area contributed by atoms with Gasteiger partial charge in [0.1, 0.15) is 6.04 Å². The van der Waals surface area contributed by atoms with Crippen LogP contribution in [0.15, 0.2) is 54.6 Å². The van der Waals surface area contributed by atoms with E-state index in [4.69, 9.17) is 0 Å². The fraction of sp³-hybridized carbons (Fsp3) is 0.381. The lowest BCUT2D eigenvalue weighted by molar-refractivity contribution is -0.124. The van der Waals surface area contributed by atoms with E-state index >= 15 is 0 Å². The molecule has 1 aliphatic rings. The van der Waals surface area contributed by atoms with E-state index in [1.165, 1.54) is 25.6 Å². The first-order chi connectivity index (χ1) is 13.4. The maximum absolute atomic E-state index is 12.9. The summed E-state index contributed by atoms with van der Waals surface area (Å²) >= 11 is 0. The van der Waals surface area contributed by atoms with Gasteiger partial charge in [-0.2, -0.15) is 4.31 Å². The molecule has 1 aliphatic heterocycles. The van der Waals surface area contributed by atoms with E-state index < -0.39 is 16.1 Å². The van der Waals surface area contributed by atoms with Gasteiger partial charge in [0.25, 0.3) is 0 Å². The number of benzene rings is 2. The fourth-order valence-corrected chi connectivity index (χ4v) is 4.04. The van der Waals surface area contributed by atoms with Crippen LogP contribution in [0.3, 0.4) is 0 Å². The van der Waals surface area contributed by atoms with Crippen molar-refractivity contribution in [2.24, 2.45) is 0 Å². The van der Waals surface area contributed by atoms with E-state index in [1.54, 1.807) is 24.3 Å².